The molecule has 0 spiro atoms. The SMILES string of the molecule is CC.CC1(O)CCC(F)(C(CO)Nc2c(Br)cc(SN)cc2[N+](=O)[O-])CC1.S[I-]S. The number of aliphatic hydroxyl groups excluding tert-OH is 1. The Labute approximate surface area is 207 Å². The van der Waals surface area contributed by atoms with E-state index in [1.165, 1.54) is 6.07 Å². The van der Waals surface area contributed by atoms with Gasteiger partial charge in [0, 0.05) is 15.4 Å². The van der Waals surface area contributed by atoms with Crippen molar-refractivity contribution in [2.24, 2.45) is 5.14 Å². The Morgan fingerprint density at radius 1 is 1.40 bits per heavy atom. The predicted octanol–water partition coefficient (Wildman–Crippen LogP) is 1.92. The summed E-state index contributed by atoms with van der Waals surface area (Å²) in [5.41, 5.74) is -2.86. The molecule has 0 aliphatic heterocycles. The Balaban J connectivity index is 0.00000154. The van der Waals surface area contributed by atoms with E-state index in [1.807, 2.05) is 13.8 Å². The zero-order chi connectivity index (χ0) is 23.5. The van der Waals surface area contributed by atoms with Gasteiger partial charge < -0.3 is 15.5 Å². The van der Waals surface area contributed by atoms with Crippen molar-refractivity contribution in [3.8, 4) is 0 Å². The molecule has 2 rings (SSSR count). The summed E-state index contributed by atoms with van der Waals surface area (Å²) in [4.78, 5) is 11.3. The Hall–Kier alpha value is 0.490. The Kier molecular flexibility index (Phi) is 14.8. The number of halogens is 3. The van der Waals surface area contributed by atoms with Gasteiger partial charge in [0.2, 0.25) is 0 Å². The molecule has 13 heteroatoms. The number of benzene rings is 1. The molecule has 1 aliphatic carbocycles. The van der Waals surface area contributed by atoms with Crippen LogP contribution in [-0.4, -0.2) is 39.1 Å². The summed E-state index contributed by atoms with van der Waals surface area (Å²) < 4.78 is 15.7. The molecule has 1 atom stereocenters. The van der Waals surface area contributed by atoms with Gasteiger partial charge >= 0.3 is 38.0 Å². The third-order valence-corrected chi connectivity index (χ3v) is 5.79. The fourth-order valence-corrected chi connectivity index (χ4v) is 4.07. The van der Waals surface area contributed by atoms with E-state index in [0.717, 1.165) is 11.9 Å². The Morgan fingerprint density at radius 3 is 2.30 bits per heavy atom. The van der Waals surface area contributed by atoms with Crippen LogP contribution in [0.25, 0.3) is 0 Å². The number of alkyl halides is 1. The number of nitrogens with two attached hydrogens (primary N) is 1. The normalized spacial score (nSPS) is 24.1. The number of rotatable bonds is 6. The number of nitrogens with one attached hydrogen (secondary N) is 1. The van der Waals surface area contributed by atoms with Gasteiger partial charge in [0.1, 0.15) is 11.4 Å². The second-order valence-corrected chi connectivity index (χ2v) is 12.7. The average molecular weight is 661 g/mol. The van der Waals surface area contributed by atoms with Gasteiger partial charge in [0.05, 0.1) is 23.2 Å². The van der Waals surface area contributed by atoms with Crippen LogP contribution in [-0.2, 0) is 0 Å². The van der Waals surface area contributed by atoms with E-state index in [1.54, 1.807) is 13.0 Å². The van der Waals surface area contributed by atoms with E-state index in [0.29, 0.717) is 9.37 Å². The summed E-state index contributed by atoms with van der Waals surface area (Å²) in [6.45, 7) is 5.12. The molecule has 1 unspecified atom stereocenters. The van der Waals surface area contributed by atoms with Crippen LogP contribution in [0.3, 0.4) is 0 Å². The summed E-state index contributed by atoms with van der Waals surface area (Å²) in [6.07, 6.45) is 0.627. The van der Waals surface area contributed by atoms with Gasteiger partial charge in [-0.2, -0.15) is 0 Å². The molecule has 0 amide bonds. The summed E-state index contributed by atoms with van der Waals surface area (Å²) in [6, 6.07) is 1.85. The molecular formula is C17H29BrFIN3O4S3-. The fraction of sp³-hybridized carbons (Fsp3) is 0.647. The fourth-order valence-electron chi connectivity index (χ4n) is 2.99. The van der Waals surface area contributed by atoms with Gasteiger partial charge in [-0.05, 0) is 66.6 Å². The van der Waals surface area contributed by atoms with Crippen LogP contribution in [0.15, 0.2) is 21.5 Å². The molecular weight excluding hydrogens is 632 g/mol. The Morgan fingerprint density at radius 2 is 1.90 bits per heavy atom. The van der Waals surface area contributed by atoms with Crippen LogP contribution < -0.4 is 28.9 Å². The molecule has 176 valence electrons. The van der Waals surface area contributed by atoms with Crippen LogP contribution in [0.2, 0.25) is 0 Å². The second kappa shape index (κ2) is 14.6. The molecule has 0 saturated heterocycles. The summed E-state index contributed by atoms with van der Waals surface area (Å²) in [5.74, 6) is 0. The van der Waals surface area contributed by atoms with Crippen LogP contribution in [0.5, 0.6) is 0 Å². The zero-order valence-corrected chi connectivity index (χ0v) is 23.3. The topological polar surface area (TPSA) is 122 Å². The van der Waals surface area contributed by atoms with Crippen LogP contribution >= 0.6 is 47.5 Å². The standard InChI is InChI=1S/C15H21BrFN3O4S.C2H6.H2IS2/c1-14(22)2-4-15(17,5-3-14)12(8-21)19-13-10(16)6-9(25-18)7-11(13)20(23)24;1-2;2-1-3/h6-7,12,19,21-22H,2-5,8,18H2,1H3;1-2H3;2-3H/q;;-1. The minimum atomic E-state index is -1.77. The number of hydrogen-bond acceptors (Lipinski definition) is 9. The van der Waals surface area contributed by atoms with Crippen LogP contribution in [0.1, 0.15) is 46.5 Å². The van der Waals surface area contributed by atoms with E-state index in [4.69, 9.17) is 5.14 Å². The summed E-state index contributed by atoms with van der Waals surface area (Å²) in [7, 11) is 7.53. The van der Waals surface area contributed by atoms with Crippen LogP contribution in [0.4, 0.5) is 15.8 Å². The van der Waals surface area contributed by atoms with Gasteiger partial charge in [0.15, 0.2) is 0 Å². The quantitative estimate of drug-likeness (QED) is 0.0907. The van der Waals surface area contributed by atoms with E-state index in [9.17, 15) is 20.3 Å². The van der Waals surface area contributed by atoms with Crippen LogP contribution in [0, 0.1) is 10.1 Å². The molecule has 0 bridgehead atoms. The number of nitro groups is 1. The Bertz CT molecular complexity index is 682. The first-order chi connectivity index (χ1) is 14.0. The molecule has 0 radical (unpaired) electrons. The molecule has 5 N–H and O–H groups in total. The first kappa shape index (κ1) is 30.5. The average Bonchev–Trinajstić information content (AvgIpc) is 2.71. The van der Waals surface area contributed by atoms with E-state index in [2.05, 4.69) is 40.8 Å². The number of aliphatic hydroxyl groups is 2. The first-order valence-electron chi connectivity index (χ1n) is 9.09. The molecule has 0 aromatic heterocycles. The molecule has 1 aliphatic rings. The maximum absolute atomic E-state index is 15.3. The number of anilines is 1. The van der Waals surface area contributed by atoms with Crippen molar-refractivity contribution >= 4 is 58.9 Å². The van der Waals surface area contributed by atoms with Gasteiger partial charge in [-0.3, -0.25) is 15.3 Å². The number of hydrogen-bond donors (Lipinski definition) is 6. The number of nitrogens with zero attached hydrogens (tertiary/aromatic N) is 1. The molecule has 1 fully saturated rings. The summed E-state index contributed by atoms with van der Waals surface area (Å²) in [5, 5.41) is 39.3. The number of thiol groups is 2. The van der Waals surface area contributed by atoms with E-state index < -0.39 is 28.8 Å². The van der Waals surface area contributed by atoms with E-state index in [-0.39, 0.29) is 55.5 Å². The van der Waals surface area contributed by atoms with Gasteiger partial charge in [0.25, 0.3) is 5.69 Å². The predicted molar refractivity (Wildman–Crippen MR) is 128 cm³/mol. The van der Waals surface area contributed by atoms with Crippen molar-refractivity contribution in [3.63, 3.8) is 0 Å². The minimum absolute atomic E-state index is 0.0211. The third kappa shape index (κ3) is 9.16. The molecule has 1 aromatic carbocycles. The first-order valence-corrected chi connectivity index (χ1v) is 17.2. The molecule has 0 heterocycles. The zero-order valence-electron chi connectivity index (χ0n) is 16.9. The molecule has 1 saturated carbocycles. The van der Waals surface area contributed by atoms with Crippen molar-refractivity contribution < 1.29 is 38.0 Å². The van der Waals surface area contributed by atoms with Gasteiger partial charge in [-0.1, -0.05) is 13.8 Å². The van der Waals surface area contributed by atoms with Gasteiger partial charge in [-0.15, -0.1) is 0 Å². The molecule has 30 heavy (non-hydrogen) atoms. The van der Waals surface area contributed by atoms with E-state index >= 15 is 4.39 Å². The maximum atomic E-state index is 15.3. The van der Waals surface area contributed by atoms with Crippen molar-refractivity contribution in [2.45, 2.75) is 68.7 Å². The van der Waals surface area contributed by atoms with Crippen molar-refractivity contribution in [1.29, 1.82) is 0 Å². The molecule has 1 aromatic rings. The van der Waals surface area contributed by atoms with Crippen molar-refractivity contribution in [2.75, 3.05) is 11.9 Å². The third-order valence-electron chi connectivity index (χ3n) is 4.66. The molecule has 7 nitrogen and oxygen atoms in total. The second-order valence-electron chi connectivity index (χ2n) is 6.66. The summed E-state index contributed by atoms with van der Waals surface area (Å²) >= 11 is 4.08. The van der Waals surface area contributed by atoms with Crippen molar-refractivity contribution in [3.05, 3.63) is 26.7 Å². The number of nitro benzene ring substituents is 1. The van der Waals surface area contributed by atoms with Crippen molar-refractivity contribution in [1.82, 2.24) is 0 Å². The monoisotopic (exact) mass is 660 g/mol. The van der Waals surface area contributed by atoms with Gasteiger partial charge in [-0.25, -0.2) is 4.39 Å².